The van der Waals surface area contributed by atoms with Gasteiger partial charge >= 0.3 is 5.97 Å². The molecule has 0 aromatic heterocycles. The van der Waals surface area contributed by atoms with Gasteiger partial charge in [0.05, 0.1) is 0 Å². The molecule has 0 aliphatic rings. The van der Waals surface area contributed by atoms with Crippen LogP contribution in [0.1, 0.15) is 32.8 Å². The monoisotopic (exact) mass is 252 g/mol. The number of hydrogen-bond acceptors (Lipinski definition) is 3. The lowest BCUT2D eigenvalue weighted by Gasteiger charge is -2.23. The Hall–Kier alpha value is -1.84. The number of ether oxygens (including phenoxy) is 1. The highest BCUT2D eigenvalue weighted by atomic mass is 16.5. The third-order valence-corrected chi connectivity index (χ3v) is 2.88. The normalized spacial score (nSPS) is 10.2. The van der Waals surface area contributed by atoms with E-state index in [1.165, 1.54) is 5.56 Å². The summed E-state index contributed by atoms with van der Waals surface area (Å²) in [4.78, 5) is 18.3. The Morgan fingerprint density at radius 2 is 1.78 bits per heavy atom. The predicted molar refractivity (Wildman–Crippen MR) is 70.0 cm³/mol. The lowest BCUT2D eigenvalue weighted by Crippen LogP contribution is -2.15. The fourth-order valence-corrected chi connectivity index (χ4v) is 1.35. The quantitative estimate of drug-likeness (QED) is 0.875. The van der Waals surface area contributed by atoms with E-state index in [1.54, 1.807) is 0 Å². The predicted octanol–water partition coefficient (Wildman–Crippen LogP) is 2.65. The molecule has 0 saturated heterocycles. The van der Waals surface area contributed by atoms with Gasteiger partial charge in [-0.15, -0.1) is 0 Å². The first-order valence-corrected chi connectivity index (χ1v) is 5.69. The molecule has 0 saturated carbocycles. The zero-order chi connectivity index (χ0) is 14.2. The Morgan fingerprint density at radius 3 is 2.17 bits per heavy atom. The van der Waals surface area contributed by atoms with Gasteiger partial charge in [-0.2, -0.15) is 0 Å². The number of aliphatic carboxylic acids is 1. The third kappa shape index (κ3) is 4.99. The topological polar surface area (TPSA) is 63.6 Å². The molecule has 1 N–H and O–H groups in total. The minimum Gasteiger partial charge on any atom is -0.482 e. The number of carboxylic acid groups (broad SMARTS) is 1. The largest absolute Gasteiger partial charge is 0.482 e. The summed E-state index contributed by atoms with van der Waals surface area (Å²) < 4.78 is 5.07. The van der Waals surface area contributed by atoms with Crippen molar-refractivity contribution < 1.29 is 19.4 Å². The van der Waals surface area contributed by atoms with Crippen molar-refractivity contribution in [3.63, 3.8) is 0 Å². The smallest absolute Gasteiger partial charge is 0.341 e. The second-order valence-electron chi connectivity index (χ2n) is 4.44. The van der Waals surface area contributed by atoms with Crippen LogP contribution < -0.4 is 4.74 Å². The Morgan fingerprint density at radius 1 is 1.28 bits per heavy atom. The Labute approximate surface area is 108 Å². The maximum absolute atomic E-state index is 10.3. The molecule has 18 heavy (non-hydrogen) atoms. The molecule has 0 aliphatic carbocycles. The second-order valence-corrected chi connectivity index (χ2v) is 4.44. The zero-order valence-electron chi connectivity index (χ0n) is 11.1. The number of hydrogen-bond donors (Lipinski definition) is 1. The number of carbonyl (C=O) groups is 2. The summed E-state index contributed by atoms with van der Waals surface area (Å²) >= 11 is 0. The molecule has 0 heterocycles. The Kier molecular flexibility index (Phi) is 6.71. The van der Waals surface area contributed by atoms with Crippen LogP contribution in [0.25, 0.3) is 0 Å². The van der Waals surface area contributed by atoms with Crippen LogP contribution in [0.3, 0.4) is 0 Å². The minimum absolute atomic E-state index is 0.144. The first-order chi connectivity index (χ1) is 8.45. The lowest BCUT2D eigenvalue weighted by molar-refractivity contribution is -0.139. The summed E-state index contributed by atoms with van der Waals surface area (Å²) in [5.74, 6) is -0.365. The van der Waals surface area contributed by atoms with Gasteiger partial charge < -0.3 is 14.6 Å². The molecule has 0 spiro atoms. The molecule has 4 heteroatoms. The van der Waals surface area contributed by atoms with Crippen LogP contribution in [0.2, 0.25) is 0 Å². The van der Waals surface area contributed by atoms with Crippen LogP contribution in [0.5, 0.6) is 5.75 Å². The molecule has 100 valence electrons. The van der Waals surface area contributed by atoms with Crippen LogP contribution in [0.4, 0.5) is 0 Å². The second kappa shape index (κ2) is 7.48. The molecule has 1 aromatic carbocycles. The molecule has 0 unspecified atom stereocenters. The molecule has 0 atom stereocenters. The molecule has 0 bridgehead atoms. The van der Waals surface area contributed by atoms with E-state index in [-0.39, 0.29) is 12.0 Å². The van der Waals surface area contributed by atoms with Crippen molar-refractivity contribution in [3.05, 3.63) is 29.8 Å². The molecular formula is C14H20O4. The highest BCUT2D eigenvalue weighted by Gasteiger charge is 2.17. The first kappa shape index (κ1) is 16.2. The fourth-order valence-electron chi connectivity index (χ4n) is 1.35. The van der Waals surface area contributed by atoms with E-state index in [9.17, 15) is 4.79 Å². The molecule has 1 rings (SSSR count). The van der Waals surface area contributed by atoms with E-state index >= 15 is 0 Å². The van der Waals surface area contributed by atoms with Gasteiger partial charge in [0.1, 0.15) is 12.5 Å². The van der Waals surface area contributed by atoms with E-state index < -0.39 is 5.97 Å². The number of rotatable bonds is 5. The summed E-state index contributed by atoms with van der Waals surface area (Å²) in [7, 11) is 0. The maximum Gasteiger partial charge on any atom is 0.341 e. The summed E-state index contributed by atoms with van der Waals surface area (Å²) in [5, 5.41) is 8.47. The van der Waals surface area contributed by atoms with Crippen LogP contribution in [0, 0.1) is 0 Å². The van der Waals surface area contributed by atoms with Gasteiger partial charge in [-0.3, -0.25) is 0 Å². The highest BCUT2D eigenvalue weighted by molar-refractivity contribution is 5.68. The van der Waals surface area contributed by atoms with Gasteiger partial charge in [0.15, 0.2) is 6.61 Å². The standard InChI is InChI=1S/C13H18O3.CH2O/c1-4-13(2,3)10-5-7-11(8-6-10)16-9-12(14)15;1-2/h5-8H,4,9H2,1-3H3,(H,14,15);1H2. The SMILES string of the molecule is C=O.CCC(C)(C)c1ccc(OCC(=O)O)cc1. The minimum atomic E-state index is -0.960. The average Bonchev–Trinajstić information content (AvgIpc) is 2.39. The summed E-state index contributed by atoms with van der Waals surface area (Å²) in [6.07, 6.45) is 1.06. The molecule has 4 nitrogen and oxygen atoms in total. The van der Waals surface area contributed by atoms with Crippen LogP contribution >= 0.6 is 0 Å². The molecule has 0 fully saturated rings. The van der Waals surface area contributed by atoms with Crippen molar-refractivity contribution in [2.45, 2.75) is 32.6 Å². The van der Waals surface area contributed by atoms with Gasteiger partial charge in [-0.25, -0.2) is 4.79 Å². The van der Waals surface area contributed by atoms with E-state index in [0.717, 1.165) is 6.42 Å². The van der Waals surface area contributed by atoms with Crippen molar-refractivity contribution in [1.29, 1.82) is 0 Å². The number of benzene rings is 1. The molecule has 0 radical (unpaired) electrons. The molecule has 0 aliphatic heterocycles. The number of carbonyl (C=O) groups excluding carboxylic acids is 1. The average molecular weight is 252 g/mol. The van der Waals surface area contributed by atoms with Gasteiger partial charge in [-0.1, -0.05) is 32.9 Å². The van der Waals surface area contributed by atoms with Gasteiger partial charge in [-0.05, 0) is 29.5 Å². The van der Waals surface area contributed by atoms with Crippen LogP contribution in [-0.2, 0) is 15.0 Å². The van der Waals surface area contributed by atoms with Crippen molar-refractivity contribution in [1.82, 2.24) is 0 Å². The van der Waals surface area contributed by atoms with Crippen molar-refractivity contribution in [2.24, 2.45) is 0 Å². The van der Waals surface area contributed by atoms with Crippen molar-refractivity contribution in [2.75, 3.05) is 6.61 Å². The highest BCUT2D eigenvalue weighted by Crippen LogP contribution is 2.27. The fraction of sp³-hybridized carbons (Fsp3) is 0.429. The number of carboxylic acids is 1. The van der Waals surface area contributed by atoms with Gasteiger partial charge in [0, 0.05) is 0 Å². The van der Waals surface area contributed by atoms with Gasteiger partial charge in [0.2, 0.25) is 0 Å². The Bertz CT molecular complexity index is 368. The maximum atomic E-state index is 10.3. The van der Waals surface area contributed by atoms with E-state index in [0.29, 0.717) is 5.75 Å². The summed E-state index contributed by atoms with van der Waals surface area (Å²) in [5.41, 5.74) is 1.38. The molecule has 1 aromatic rings. The van der Waals surface area contributed by atoms with E-state index in [4.69, 9.17) is 14.6 Å². The van der Waals surface area contributed by atoms with Crippen molar-refractivity contribution in [3.8, 4) is 5.75 Å². The molecular weight excluding hydrogens is 232 g/mol. The summed E-state index contributed by atoms with van der Waals surface area (Å²) in [6, 6.07) is 7.60. The van der Waals surface area contributed by atoms with Crippen LogP contribution in [0.15, 0.2) is 24.3 Å². The van der Waals surface area contributed by atoms with Crippen LogP contribution in [-0.4, -0.2) is 24.5 Å². The van der Waals surface area contributed by atoms with Gasteiger partial charge in [0.25, 0.3) is 0 Å². The van der Waals surface area contributed by atoms with E-state index in [2.05, 4.69) is 20.8 Å². The summed E-state index contributed by atoms with van der Waals surface area (Å²) in [6.45, 7) is 8.21. The lowest BCUT2D eigenvalue weighted by atomic mass is 9.82. The third-order valence-electron chi connectivity index (χ3n) is 2.88. The Balaban J connectivity index is 0.00000137. The van der Waals surface area contributed by atoms with Crippen molar-refractivity contribution >= 4 is 12.8 Å². The molecule has 0 amide bonds. The zero-order valence-corrected chi connectivity index (χ0v) is 11.1. The first-order valence-electron chi connectivity index (χ1n) is 5.69. The van der Waals surface area contributed by atoms with E-state index in [1.807, 2.05) is 31.1 Å².